The third-order valence-corrected chi connectivity index (χ3v) is 5.05. The molecular weight excluding hydrogens is 298 g/mol. The maximum atomic E-state index is 12.6. The average molecular weight is 319 g/mol. The molecule has 0 saturated heterocycles. The van der Waals surface area contributed by atoms with Crippen molar-refractivity contribution in [1.82, 2.24) is 4.31 Å². The Labute approximate surface area is 124 Å². The third-order valence-electron chi connectivity index (χ3n) is 3.22. The monoisotopic (exact) mass is 319 g/mol. The van der Waals surface area contributed by atoms with E-state index in [0.717, 1.165) is 6.07 Å². The first-order valence-electron chi connectivity index (χ1n) is 6.72. The maximum Gasteiger partial charge on any atom is 0.371 e. The van der Waals surface area contributed by atoms with E-state index in [2.05, 4.69) is 0 Å². The molecule has 1 aromatic rings. The number of sulfonamides is 1. The molecule has 0 unspecified atom stereocenters. The van der Waals surface area contributed by atoms with Gasteiger partial charge >= 0.3 is 5.97 Å². The lowest BCUT2D eigenvalue weighted by atomic mass is 10.2. The quantitative estimate of drug-likeness (QED) is 0.745. The molecule has 1 rings (SSSR count). The Hall–Kier alpha value is -1.38. The number of methoxy groups -OCH3 is 1. The molecule has 0 aliphatic heterocycles. The molecule has 0 radical (unpaired) electrons. The van der Waals surface area contributed by atoms with Crippen molar-refractivity contribution in [3.8, 4) is 0 Å². The first kappa shape index (κ1) is 17.7. The third kappa shape index (κ3) is 4.05. The highest BCUT2D eigenvalue weighted by atomic mass is 32.2. The molecule has 0 fully saturated rings. The Kier molecular flexibility index (Phi) is 6.38. The topological polar surface area (TPSA) is 97.0 Å². The number of rotatable bonds is 9. The summed E-state index contributed by atoms with van der Waals surface area (Å²) in [5.41, 5.74) is 0. The molecule has 0 bridgehead atoms. The number of carbonyl (C=O) groups is 1. The Balaban J connectivity index is 3.15. The van der Waals surface area contributed by atoms with Crippen molar-refractivity contribution in [2.45, 2.75) is 37.8 Å². The molecule has 8 heteroatoms. The number of carboxylic acids is 1. The molecule has 0 spiro atoms. The van der Waals surface area contributed by atoms with Gasteiger partial charge in [-0.1, -0.05) is 13.8 Å². The van der Waals surface area contributed by atoms with Gasteiger partial charge in [-0.15, -0.1) is 0 Å². The number of hydrogen-bond donors (Lipinski definition) is 1. The molecule has 0 atom stereocenters. The highest BCUT2D eigenvalue weighted by Gasteiger charge is 2.32. The molecule has 0 aromatic carbocycles. The molecule has 1 heterocycles. The second-order valence-electron chi connectivity index (χ2n) is 4.50. The number of hydrogen-bond acceptors (Lipinski definition) is 5. The van der Waals surface area contributed by atoms with Gasteiger partial charge in [0.25, 0.3) is 10.0 Å². The van der Waals surface area contributed by atoms with Crippen molar-refractivity contribution in [2.75, 3.05) is 20.3 Å². The van der Waals surface area contributed by atoms with Crippen LogP contribution in [-0.2, 0) is 14.8 Å². The van der Waals surface area contributed by atoms with E-state index in [1.807, 2.05) is 13.8 Å². The van der Waals surface area contributed by atoms with Gasteiger partial charge in [-0.25, -0.2) is 13.2 Å². The molecule has 0 saturated carbocycles. The minimum absolute atomic E-state index is 0.189. The zero-order chi connectivity index (χ0) is 16.0. The number of carboxylic acid groups (broad SMARTS) is 1. The Morgan fingerprint density at radius 1 is 1.38 bits per heavy atom. The molecule has 0 amide bonds. The van der Waals surface area contributed by atoms with Gasteiger partial charge in [0.05, 0.1) is 6.61 Å². The fourth-order valence-electron chi connectivity index (χ4n) is 2.07. The van der Waals surface area contributed by atoms with E-state index < -0.39 is 21.8 Å². The van der Waals surface area contributed by atoms with Crippen LogP contribution in [0.2, 0.25) is 0 Å². The molecule has 1 aromatic heterocycles. The van der Waals surface area contributed by atoms with Crippen LogP contribution in [-0.4, -0.2) is 50.1 Å². The summed E-state index contributed by atoms with van der Waals surface area (Å²) in [7, 11) is -2.39. The largest absolute Gasteiger partial charge is 0.475 e. The summed E-state index contributed by atoms with van der Waals surface area (Å²) in [5, 5.41) is 8.46. The van der Waals surface area contributed by atoms with Gasteiger partial charge in [0.15, 0.2) is 0 Å². The van der Waals surface area contributed by atoms with Crippen LogP contribution >= 0.6 is 0 Å². The molecule has 0 aliphatic carbocycles. The summed E-state index contributed by atoms with van der Waals surface area (Å²) in [4.78, 5) is 10.8. The van der Waals surface area contributed by atoms with Crippen LogP contribution in [0.1, 0.15) is 37.2 Å². The van der Waals surface area contributed by atoms with Crippen LogP contribution in [0.3, 0.4) is 0 Å². The van der Waals surface area contributed by atoms with E-state index in [1.165, 1.54) is 17.5 Å². The van der Waals surface area contributed by atoms with Gasteiger partial charge in [-0.2, -0.15) is 4.31 Å². The zero-order valence-corrected chi connectivity index (χ0v) is 13.2. The van der Waals surface area contributed by atoms with Crippen LogP contribution < -0.4 is 0 Å². The Morgan fingerprint density at radius 3 is 2.43 bits per heavy atom. The lowest BCUT2D eigenvalue weighted by Gasteiger charge is -2.28. The van der Waals surface area contributed by atoms with Crippen molar-refractivity contribution >= 4 is 16.0 Å². The molecule has 0 aliphatic rings. The van der Waals surface area contributed by atoms with E-state index in [9.17, 15) is 13.2 Å². The smallest absolute Gasteiger partial charge is 0.371 e. The molecule has 7 nitrogen and oxygen atoms in total. The Morgan fingerprint density at radius 2 is 2.00 bits per heavy atom. The first-order valence-corrected chi connectivity index (χ1v) is 8.16. The molecule has 1 N–H and O–H groups in total. The van der Waals surface area contributed by atoms with Crippen LogP contribution in [0.4, 0.5) is 0 Å². The second kappa shape index (κ2) is 7.58. The number of ether oxygens (including phenoxy) is 1. The second-order valence-corrected chi connectivity index (χ2v) is 6.32. The van der Waals surface area contributed by atoms with Crippen LogP contribution in [0.15, 0.2) is 21.6 Å². The van der Waals surface area contributed by atoms with E-state index in [0.29, 0.717) is 12.8 Å². The van der Waals surface area contributed by atoms with E-state index in [1.54, 1.807) is 0 Å². The summed E-state index contributed by atoms with van der Waals surface area (Å²) >= 11 is 0. The van der Waals surface area contributed by atoms with Crippen molar-refractivity contribution in [3.05, 3.63) is 17.9 Å². The summed E-state index contributed by atoms with van der Waals surface area (Å²) in [5.74, 6) is -1.70. The van der Waals surface area contributed by atoms with E-state index in [4.69, 9.17) is 14.3 Å². The predicted octanol–water partition coefficient (Wildman–Crippen LogP) is 1.80. The standard InChI is InChI=1S/C13H21NO6S/c1-4-10(5-2)14(8-9-19-3)21(17,18)12-7-6-11(20-12)13(15)16/h6-7,10H,4-5,8-9H2,1-3H3,(H,15,16). The summed E-state index contributed by atoms with van der Waals surface area (Å²) in [6.45, 7) is 4.24. The Bertz CT molecular complexity index is 561. The molecule has 21 heavy (non-hydrogen) atoms. The first-order chi connectivity index (χ1) is 9.88. The van der Waals surface area contributed by atoms with Gasteiger partial charge in [0.2, 0.25) is 10.9 Å². The lowest BCUT2D eigenvalue weighted by Crippen LogP contribution is -2.41. The molecular formula is C13H21NO6S. The molecule has 120 valence electrons. The van der Waals surface area contributed by atoms with Crippen molar-refractivity contribution in [1.29, 1.82) is 0 Å². The highest BCUT2D eigenvalue weighted by molar-refractivity contribution is 7.89. The lowest BCUT2D eigenvalue weighted by molar-refractivity contribution is 0.0656. The number of nitrogens with zero attached hydrogens (tertiary/aromatic N) is 1. The van der Waals surface area contributed by atoms with E-state index >= 15 is 0 Å². The number of aromatic carboxylic acids is 1. The van der Waals surface area contributed by atoms with Crippen molar-refractivity contribution < 1.29 is 27.5 Å². The van der Waals surface area contributed by atoms with Crippen LogP contribution in [0, 0.1) is 0 Å². The fraction of sp³-hybridized carbons (Fsp3) is 0.615. The van der Waals surface area contributed by atoms with Gasteiger partial charge < -0.3 is 14.3 Å². The highest BCUT2D eigenvalue weighted by Crippen LogP contribution is 2.23. The predicted molar refractivity (Wildman–Crippen MR) is 75.8 cm³/mol. The number of furan rings is 1. The SMILES string of the molecule is CCC(CC)N(CCOC)S(=O)(=O)c1ccc(C(=O)O)o1. The minimum Gasteiger partial charge on any atom is -0.475 e. The van der Waals surface area contributed by atoms with Crippen LogP contribution in [0.25, 0.3) is 0 Å². The van der Waals surface area contributed by atoms with Crippen molar-refractivity contribution in [2.24, 2.45) is 0 Å². The minimum atomic E-state index is -3.89. The fourth-order valence-corrected chi connectivity index (χ4v) is 3.74. The average Bonchev–Trinajstić information content (AvgIpc) is 2.94. The van der Waals surface area contributed by atoms with Gasteiger partial charge in [0, 0.05) is 19.7 Å². The van der Waals surface area contributed by atoms with Gasteiger partial charge in [-0.3, -0.25) is 0 Å². The van der Waals surface area contributed by atoms with Gasteiger partial charge in [0.1, 0.15) is 0 Å². The van der Waals surface area contributed by atoms with Crippen LogP contribution in [0.5, 0.6) is 0 Å². The van der Waals surface area contributed by atoms with Crippen molar-refractivity contribution in [3.63, 3.8) is 0 Å². The normalized spacial score (nSPS) is 12.2. The zero-order valence-electron chi connectivity index (χ0n) is 12.4. The summed E-state index contributed by atoms with van der Waals surface area (Å²) < 4.78 is 36.4. The van der Waals surface area contributed by atoms with E-state index in [-0.39, 0.29) is 24.3 Å². The summed E-state index contributed by atoms with van der Waals surface area (Å²) in [6.07, 6.45) is 1.29. The maximum absolute atomic E-state index is 12.6. The summed E-state index contributed by atoms with van der Waals surface area (Å²) in [6, 6.07) is 2.11. The van der Waals surface area contributed by atoms with Gasteiger partial charge in [-0.05, 0) is 25.0 Å².